The van der Waals surface area contributed by atoms with Crippen LogP contribution in [0.5, 0.6) is 0 Å². The number of hydrogen-bond acceptors (Lipinski definition) is 3. The van der Waals surface area contributed by atoms with E-state index < -0.39 is 0 Å². The van der Waals surface area contributed by atoms with E-state index in [1.54, 1.807) is 0 Å². The third-order valence-electron chi connectivity index (χ3n) is 3.48. The molecule has 3 N–H and O–H groups in total. The Kier molecular flexibility index (Phi) is 5.68. The maximum atomic E-state index is 12.7. The van der Waals surface area contributed by atoms with Gasteiger partial charge in [-0.15, -0.1) is 0 Å². The van der Waals surface area contributed by atoms with Gasteiger partial charge in [-0.05, 0) is 49.7 Å². The van der Waals surface area contributed by atoms with E-state index in [4.69, 9.17) is 0 Å². The molecule has 1 unspecified atom stereocenters. The molecular formula is C15H20FN3O2. The van der Waals surface area contributed by atoms with Crippen molar-refractivity contribution in [2.75, 3.05) is 26.2 Å². The van der Waals surface area contributed by atoms with E-state index in [2.05, 4.69) is 16.0 Å². The largest absolute Gasteiger partial charge is 0.354 e. The molecular weight excluding hydrogens is 273 g/mol. The minimum Gasteiger partial charge on any atom is -0.354 e. The van der Waals surface area contributed by atoms with E-state index in [0.29, 0.717) is 31.0 Å². The van der Waals surface area contributed by atoms with Gasteiger partial charge in [0.2, 0.25) is 5.91 Å². The zero-order valence-electron chi connectivity index (χ0n) is 11.8. The van der Waals surface area contributed by atoms with Crippen molar-refractivity contribution in [3.05, 3.63) is 35.6 Å². The van der Waals surface area contributed by atoms with Crippen LogP contribution >= 0.6 is 0 Å². The molecule has 1 atom stereocenters. The van der Waals surface area contributed by atoms with Crippen LogP contribution in [-0.4, -0.2) is 38.0 Å². The fraction of sp³-hybridized carbons (Fsp3) is 0.467. The minimum atomic E-state index is -0.375. The van der Waals surface area contributed by atoms with Gasteiger partial charge in [0.25, 0.3) is 5.91 Å². The summed E-state index contributed by atoms with van der Waals surface area (Å²) in [5.74, 6) is -0.219. The van der Waals surface area contributed by atoms with Gasteiger partial charge in [-0.3, -0.25) is 9.59 Å². The van der Waals surface area contributed by atoms with Gasteiger partial charge in [-0.1, -0.05) is 0 Å². The minimum absolute atomic E-state index is 0.0136. The number of nitrogens with one attached hydrogen (secondary N) is 3. The molecule has 0 saturated carbocycles. The van der Waals surface area contributed by atoms with Gasteiger partial charge in [0, 0.05) is 25.1 Å². The maximum Gasteiger partial charge on any atom is 0.251 e. The highest BCUT2D eigenvalue weighted by Gasteiger charge is 2.17. The SMILES string of the molecule is O=C(CC1CCNC1)NCCNC(=O)c1ccc(F)cc1. The summed E-state index contributed by atoms with van der Waals surface area (Å²) in [5.41, 5.74) is 0.403. The Labute approximate surface area is 123 Å². The molecule has 21 heavy (non-hydrogen) atoms. The molecule has 1 aromatic rings. The first-order valence-electron chi connectivity index (χ1n) is 7.16. The summed E-state index contributed by atoms with van der Waals surface area (Å²) in [4.78, 5) is 23.4. The summed E-state index contributed by atoms with van der Waals surface area (Å²) in [7, 11) is 0. The van der Waals surface area contributed by atoms with Gasteiger partial charge in [0.15, 0.2) is 0 Å². The van der Waals surface area contributed by atoms with Gasteiger partial charge in [0.05, 0.1) is 0 Å². The van der Waals surface area contributed by atoms with Gasteiger partial charge < -0.3 is 16.0 Å². The first kappa shape index (κ1) is 15.4. The van der Waals surface area contributed by atoms with Crippen molar-refractivity contribution >= 4 is 11.8 Å². The fourth-order valence-electron chi connectivity index (χ4n) is 2.30. The molecule has 1 heterocycles. The zero-order valence-corrected chi connectivity index (χ0v) is 11.8. The van der Waals surface area contributed by atoms with E-state index in [1.807, 2.05) is 0 Å². The fourth-order valence-corrected chi connectivity index (χ4v) is 2.30. The molecule has 114 valence electrons. The van der Waals surface area contributed by atoms with Gasteiger partial charge >= 0.3 is 0 Å². The Hall–Kier alpha value is -1.95. The normalized spacial score (nSPS) is 17.5. The van der Waals surface area contributed by atoms with Crippen LogP contribution in [-0.2, 0) is 4.79 Å². The lowest BCUT2D eigenvalue weighted by molar-refractivity contribution is -0.121. The van der Waals surface area contributed by atoms with Crippen molar-refractivity contribution in [2.24, 2.45) is 5.92 Å². The van der Waals surface area contributed by atoms with Crippen molar-refractivity contribution in [2.45, 2.75) is 12.8 Å². The van der Waals surface area contributed by atoms with E-state index in [-0.39, 0.29) is 17.6 Å². The number of carbonyl (C=O) groups is 2. The maximum absolute atomic E-state index is 12.7. The highest BCUT2D eigenvalue weighted by molar-refractivity contribution is 5.94. The molecule has 1 saturated heterocycles. The Morgan fingerprint density at radius 1 is 1.19 bits per heavy atom. The van der Waals surface area contributed by atoms with Crippen LogP contribution in [0, 0.1) is 11.7 Å². The van der Waals surface area contributed by atoms with Crippen molar-refractivity contribution in [3.63, 3.8) is 0 Å². The van der Waals surface area contributed by atoms with Crippen molar-refractivity contribution < 1.29 is 14.0 Å². The second-order valence-corrected chi connectivity index (χ2v) is 5.18. The Bertz CT molecular complexity index is 484. The first-order chi connectivity index (χ1) is 10.1. The van der Waals surface area contributed by atoms with E-state index >= 15 is 0 Å². The molecule has 0 spiro atoms. The highest BCUT2D eigenvalue weighted by atomic mass is 19.1. The molecule has 0 bridgehead atoms. The molecule has 0 radical (unpaired) electrons. The van der Waals surface area contributed by atoms with Crippen LogP contribution in [0.4, 0.5) is 4.39 Å². The molecule has 2 rings (SSSR count). The Morgan fingerprint density at radius 2 is 1.90 bits per heavy atom. The summed E-state index contributed by atoms with van der Waals surface area (Å²) < 4.78 is 12.7. The van der Waals surface area contributed by atoms with Gasteiger partial charge in [-0.25, -0.2) is 4.39 Å². The molecule has 1 aliphatic rings. The molecule has 0 aromatic heterocycles. The first-order valence-corrected chi connectivity index (χ1v) is 7.16. The quantitative estimate of drug-likeness (QED) is 0.675. The second kappa shape index (κ2) is 7.73. The van der Waals surface area contributed by atoms with Crippen LogP contribution in [0.1, 0.15) is 23.2 Å². The van der Waals surface area contributed by atoms with E-state index in [1.165, 1.54) is 24.3 Å². The number of halogens is 1. The average Bonchev–Trinajstić information content (AvgIpc) is 2.97. The summed E-state index contributed by atoms with van der Waals surface area (Å²) >= 11 is 0. The number of rotatable bonds is 6. The van der Waals surface area contributed by atoms with Crippen LogP contribution in [0.3, 0.4) is 0 Å². The highest BCUT2D eigenvalue weighted by Crippen LogP contribution is 2.11. The second-order valence-electron chi connectivity index (χ2n) is 5.18. The summed E-state index contributed by atoms with van der Waals surface area (Å²) in [6.07, 6.45) is 1.56. The molecule has 0 aliphatic carbocycles. The van der Waals surface area contributed by atoms with Crippen LogP contribution in [0.2, 0.25) is 0 Å². The third kappa shape index (κ3) is 5.15. The molecule has 1 fully saturated rings. The molecule has 1 aliphatic heterocycles. The predicted octanol–water partition coefficient (Wildman–Crippen LogP) is 0.671. The number of amides is 2. The van der Waals surface area contributed by atoms with Crippen molar-refractivity contribution in [1.82, 2.24) is 16.0 Å². The number of carbonyl (C=O) groups excluding carboxylic acids is 2. The lowest BCUT2D eigenvalue weighted by Crippen LogP contribution is -2.35. The summed E-state index contributed by atoms with van der Waals surface area (Å²) in [6.45, 7) is 2.62. The Balaban J connectivity index is 1.61. The number of hydrogen-bond donors (Lipinski definition) is 3. The lowest BCUT2D eigenvalue weighted by atomic mass is 10.0. The molecule has 5 nitrogen and oxygen atoms in total. The topological polar surface area (TPSA) is 70.2 Å². The number of benzene rings is 1. The van der Waals surface area contributed by atoms with Crippen LogP contribution in [0.15, 0.2) is 24.3 Å². The summed E-state index contributed by atoms with van der Waals surface area (Å²) in [5, 5.41) is 8.68. The molecule has 2 amide bonds. The monoisotopic (exact) mass is 293 g/mol. The van der Waals surface area contributed by atoms with E-state index in [0.717, 1.165) is 19.5 Å². The lowest BCUT2D eigenvalue weighted by Gasteiger charge is -2.10. The summed E-state index contributed by atoms with van der Waals surface area (Å²) in [6, 6.07) is 5.34. The van der Waals surface area contributed by atoms with Gasteiger partial charge in [0.1, 0.15) is 5.82 Å². The smallest absolute Gasteiger partial charge is 0.251 e. The zero-order chi connectivity index (χ0) is 15.1. The van der Waals surface area contributed by atoms with Crippen molar-refractivity contribution in [3.8, 4) is 0 Å². The van der Waals surface area contributed by atoms with Crippen LogP contribution in [0.25, 0.3) is 0 Å². The Morgan fingerprint density at radius 3 is 2.57 bits per heavy atom. The van der Waals surface area contributed by atoms with E-state index in [9.17, 15) is 14.0 Å². The third-order valence-corrected chi connectivity index (χ3v) is 3.48. The average molecular weight is 293 g/mol. The molecule has 6 heteroatoms. The van der Waals surface area contributed by atoms with Crippen LogP contribution < -0.4 is 16.0 Å². The van der Waals surface area contributed by atoms with Crippen molar-refractivity contribution in [1.29, 1.82) is 0 Å². The van der Waals surface area contributed by atoms with Gasteiger partial charge in [-0.2, -0.15) is 0 Å². The predicted molar refractivity (Wildman–Crippen MR) is 77.3 cm³/mol. The standard InChI is InChI=1S/C15H20FN3O2/c16-13-3-1-12(2-4-13)15(21)19-8-7-18-14(20)9-11-5-6-17-10-11/h1-4,11,17H,5-10H2,(H,18,20)(H,19,21). The molecule has 1 aromatic carbocycles.